The summed E-state index contributed by atoms with van der Waals surface area (Å²) < 4.78 is 87.3. The highest BCUT2D eigenvalue weighted by molar-refractivity contribution is 7.99. The van der Waals surface area contributed by atoms with Gasteiger partial charge in [0.25, 0.3) is 0 Å². The number of alkyl halides is 6. The van der Waals surface area contributed by atoms with Gasteiger partial charge in [-0.3, -0.25) is 0 Å². The molecular weight excluding hydrogens is 578 g/mol. The second-order valence-electron chi connectivity index (χ2n) is 11.7. The summed E-state index contributed by atoms with van der Waals surface area (Å²) in [5.41, 5.74) is -1.59. The van der Waals surface area contributed by atoms with Crippen LogP contribution in [0, 0.1) is 35.5 Å². The Bertz CT molecular complexity index is 1260. The van der Waals surface area contributed by atoms with Crippen molar-refractivity contribution in [1.29, 1.82) is 0 Å². The highest BCUT2D eigenvalue weighted by Gasteiger charge is 2.38. The molecule has 0 heterocycles. The largest absolute Gasteiger partial charge is 0.417 e. The maximum absolute atomic E-state index is 14.6. The van der Waals surface area contributed by atoms with Gasteiger partial charge in [-0.15, -0.1) is 0 Å². The third-order valence-electron chi connectivity index (χ3n) is 8.57. The first kappa shape index (κ1) is 33.4. The van der Waals surface area contributed by atoms with Crippen molar-refractivity contribution in [2.75, 3.05) is 0 Å². The number of hydrogen-bond acceptors (Lipinski definition) is 1. The first-order chi connectivity index (χ1) is 20.5. The zero-order chi connectivity index (χ0) is 31.0. The summed E-state index contributed by atoms with van der Waals surface area (Å²) >= 11 is 0.916. The van der Waals surface area contributed by atoms with Gasteiger partial charge in [0.15, 0.2) is 0 Å². The second-order valence-corrected chi connectivity index (χ2v) is 12.7. The minimum absolute atomic E-state index is 0.00777. The molecule has 2 aromatic carbocycles. The van der Waals surface area contributed by atoms with E-state index in [2.05, 4.69) is 23.7 Å². The molecule has 0 amide bonds. The van der Waals surface area contributed by atoms with E-state index in [1.807, 2.05) is 0 Å². The van der Waals surface area contributed by atoms with Gasteiger partial charge in [0.1, 0.15) is 0 Å². The van der Waals surface area contributed by atoms with Gasteiger partial charge < -0.3 is 0 Å². The number of halogens is 6. The van der Waals surface area contributed by atoms with Gasteiger partial charge in [-0.2, -0.15) is 26.3 Å². The van der Waals surface area contributed by atoms with Crippen LogP contribution in [0.2, 0.25) is 0 Å². The molecule has 2 aliphatic carbocycles. The maximum Gasteiger partial charge on any atom is 0.417 e. The van der Waals surface area contributed by atoms with Crippen molar-refractivity contribution in [3.8, 4) is 23.7 Å². The Labute approximate surface area is 256 Å². The van der Waals surface area contributed by atoms with Gasteiger partial charge in [-0.05, 0) is 61.8 Å². The van der Waals surface area contributed by atoms with Crippen molar-refractivity contribution < 1.29 is 26.3 Å². The molecule has 2 aromatic rings. The summed E-state index contributed by atoms with van der Waals surface area (Å²) in [5, 5.41) is 0. The Morgan fingerprint density at radius 2 is 0.930 bits per heavy atom. The van der Waals surface area contributed by atoms with Gasteiger partial charge in [-0.1, -0.05) is 113 Å². The number of benzene rings is 2. The lowest BCUT2D eigenvalue weighted by Gasteiger charge is -2.20. The zero-order valence-electron chi connectivity index (χ0n) is 25.0. The number of rotatable bonds is 4. The van der Waals surface area contributed by atoms with Gasteiger partial charge in [0.2, 0.25) is 0 Å². The average molecular weight is 619 g/mol. The molecule has 7 heteroatoms. The number of aryl methyl sites for hydroxylation is 2. The Hall–Kier alpha value is -2.51. The Morgan fingerprint density at radius 3 is 1.23 bits per heavy atom. The quantitative estimate of drug-likeness (QED) is 0.187. The molecule has 4 rings (SSSR count). The van der Waals surface area contributed by atoms with Gasteiger partial charge in [0, 0.05) is 21.6 Å². The Kier molecular flexibility index (Phi) is 11.6. The van der Waals surface area contributed by atoms with Crippen molar-refractivity contribution in [3.05, 3.63) is 57.6 Å². The third kappa shape index (κ3) is 8.78. The Balaban J connectivity index is 1.88. The van der Waals surface area contributed by atoms with Crippen LogP contribution >= 0.6 is 11.8 Å². The van der Waals surface area contributed by atoms with Crippen molar-refractivity contribution in [2.24, 2.45) is 11.8 Å². The molecular formula is C36H40F6S. The molecule has 2 fully saturated rings. The van der Waals surface area contributed by atoms with Gasteiger partial charge in [0.05, 0.1) is 22.3 Å². The lowest BCUT2D eigenvalue weighted by molar-refractivity contribution is -0.139. The second kappa shape index (κ2) is 15.0. The Morgan fingerprint density at radius 1 is 0.581 bits per heavy atom. The maximum atomic E-state index is 14.6. The van der Waals surface area contributed by atoms with Crippen LogP contribution in [0.4, 0.5) is 26.3 Å². The summed E-state index contributed by atoms with van der Waals surface area (Å²) in [4.78, 5) is 0.418. The minimum atomic E-state index is -4.65. The molecule has 2 aliphatic rings. The van der Waals surface area contributed by atoms with E-state index in [4.69, 9.17) is 0 Å². The van der Waals surface area contributed by atoms with Crippen molar-refractivity contribution in [2.45, 2.75) is 126 Å². The summed E-state index contributed by atoms with van der Waals surface area (Å²) in [6.07, 6.45) is 2.77. The summed E-state index contributed by atoms with van der Waals surface area (Å²) in [6, 6.07) is 6.03. The fourth-order valence-electron chi connectivity index (χ4n) is 6.22. The SMILES string of the molecule is CCc1ccc(Sc2ccc(CC)c(C(F)(F)F)c2C#CC2CCCCCC2)c(C#CC2CCCCCC2)c1C(F)(F)F. The van der Waals surface area contributed by atoms with Crippen LogP contribution in [-0.4, -0.2) is 0 Å². The van der Waals surface area contributed by atoms with E-state index in [1.54, 1.807) is 26.0 Å². The van der Waals surface area contributed by atoms with Crippen LogP contribution in [0.1, 0.15) is 124 Å². The monoisotopic (exact) mass is 618 g/mol. The van der Waals surface area contributed by atoms with Crippen LogP contribution in [-0.2, 0) is 25.2 Å². The predicted octanol–water partition coefficient (Wildman–Crippen LogP) is 11.6. The molecule has 0 unspecified atom stereocenters. The molecule has 0 saturated heterocycles. The lowest BCUT2D eigenvalue weighted by atomic mass is 9.96. The van der Waals surface area contributed by atoms with E-state index < -0.39 is 23.5 Å². The van der Waals surface area contributed by atoms with Crippen LogP contribution in [0.15, 0.2) is 34.1 Å². The van der Waals surface area contributed by atoms with Gasteiger partial charge >= 0.3 is 12.4 Å². The predicted molar refractivity (Wildman–Crippen MR) is 162 cm³/mol. The smallest absolute Gasteiger partial charge is 0.166 e. The zero-order valence-corrected chi connectivity index (χ0v) is 25.9. The molecule has 0 aromatic heterocycles. The van der Waals surface area contributed by atoms with E-state index in [1.165, 1.54) is 12.1 Å². The molecule has 0 radical (unpaired) electrons. The molecule has 0 spiro atoms. The highest BCUT2D eigenvalue weighted by atomic mass is 32.2. The minimum Gasteiger partial charge on any atom is -0.166 e. The van der Waals surface area contributed by atoms with E-state index in [0.29, 0.717) is 0 Å². The van der Waals surface area contributed by atoms with E-state index in [9.17, 15) is 26.3 Å². The van der Waals surface area contributed by atoms with Crippen molar-refractivity contribution in [1.82, 2.24) is 0 Å². The first-order valence-corrected chi connectivity index (χ1v) is 16.5. The van der Waals surface area contributed by atoms with E-state index >= 15 is 0 Å². The molecule has 0 aliphatic heterocycles. The van der Waals surface area contributed by atoms with Crippen molar-refractivity contribution >= 4 is 11.8 Å². The summed E-state index contributed by atoms with van der Waals surface area (Å²) in [6.45, 7) is 3.33. The molecule has 232 valence electrons. The fourth-order valence-corrected chi connectivity index (χ4v) is 7.24. The fraction of sp³-hybridized carbons (Fsp3) is 0.556. The van der Waals surface area contributed by atoms with Crippen LogP contribution < -0.4 is 0 Å². The highest BCUT2D eigenvalue weighted by Crippen LogP contribution is 2.44. The molecule has 0 N–H and O–H groups in total. The topological polar surface area (TPSA) is 0 Å². The molecule has 43 heavy (non-hydrogen) atoms. The van der Waals surface area contributed by atoms with Crippen molar-refractivity contribution in [3.63, 3.8) is 0 Å². The average Bonchev–Trinajstić information content (AvgIpc) is 3.39. The third-order valence-corrected chi connectivity index (χ3v) is 9.69. The normalized spacial score (nSPS) is 17.3. The summed E-state index contributed by atoms with van der Waals surface area (Å²) in [7, 11) is 0. The number of hydrogen-bond donors (Lipinski definition) is 0. The summed E-state index contributed by atoms with van der Waals surface area (Å²) in [5.74, 6) is 12.1. The van der Waals surface area contributed by atoms with Crippen LogP contribution in [0.3, 0.4) is 0 Å². The molecule has 2 saturated carbocycles. The van der Waals surface area contributed by atoms with Gasteiger partial charge in [-0.25, -0.2) is 0 Å². The van der Waals surface area contributed by atoms with Crippen LogP contribution in [0.5, 0.6) is 0 Å². The molecule has 0 atom stereocenters. The molecule has 0 bridgehead atoms. The lowest BCUT2D eigenvalue weighted by Crippen LogP contribution is -2.14. The standard InChI is InChI=1S/C36H40F6S/c1-3-27-19-23-31(29(33(27)35(37,38)39)21-17-25-13-9-5-6-10-14-25)43-32-24-20-28(4-2)34(36(40,41)42)30(32)22-18-26-15-11-7-8-12-16-26/h19-20,23-26H,3-16H2,1-2H3. The van der Waals surface area contributed by atoms with Crippen LogP contribution in [0.25, 0.3) is 0 Å². The first-order valence-electron chi connectivity index (χ1n) is 15.7. The van der Waals surface area contributed by atoms with E-state index in [0.717, 1.165) is 88.8 Å². The molecule has 0 nitrogen and oxygen atoms in total. The van der Waals surface area contributed by atoms with E-state index in [-0.39, 0.29) is 56.7 Å².